The van der Waals surface area contributed by atoms with Crippen LogP contribution in [0, 0.1) is 11.7 Å². The standard InChI is InChI=1S/C23H28FN3O2/c1-17(14-18-6-5-7-19(24)15-18)23(29)26-21-10-12-27(13-11-21)16-22(28)25-20-8-3-2-4-9-20/h2-9,15,17,21H,10-14,16H2,1H3,(H,25,28)(H,26,29). The Morgan fingerprint density at radius 3 is 2.52 bits per heavy atom. The molecule has 0 bridgehead atoms. The van der Waals surface area contributed by atoms with Crippen LogP contribution in [0.25, 0.3) is 0 Å². The molecule has 29 heavy (non-hydrogen) atoms. The molecule has 1 aliphatic rings. The highest BCUT2D eigenvalue weighted by molar-refractivity contribution is 5.92. The first kappa shape index (κ1) is 21.0. The van der Waals surface area contributed by atoms with Crippen LogP contribution in [-0.4, -0.2) is 42.4 Å². The molecule has 1 heterocycles. The molecule has 3 rings (SSSR count). The van der Waals surface area contributed by atoms with E-state index in [2.05, 4.69) is 15.5 Å². The van der Waals surface area contributed by atoms with E-state index in [0.717, 1.165) is 37.2 Å². The number of hydrogen-bond acceptors (Lipinski definition) is 3. The average Bonchev–Trinajstić information content (AvgIpc) is 2.70. The second-order valence-corrected chi connectivity index (χ2v) is 7.71. The Labute approximate surface area is 171 Å². The Bertz CT molecular complexity index is 820. The molecule has 0 radical (unpaired) electrons. The quantitative estimate of drug-likeness (QED) is 0.754. The molecule has 1 fully saturated rings. The lowest BCUT2D eigenvalue weighted by Crippen LogP contribution is -2.47. The van der Waals surface area contributed by atoms with Crippen LogP contribution in [0.3, 0.4) is 0 Å². The van der Waals surface area contributed by atoms with Crippen LogP contribution >= 0.6 is 0 Å². The van der Waals surface area contributed by atoms with Crippen molar-refractivity contribution >= 4 is 17.5 Å². The molecule has 2 aromatic carbocycles. The van der Waals surface area contributed by atoms with Gasteiger partial charge in [0.25, 0.3) is 0 Å². The summed E-state index contributed by atoms with van der Waals surface area (Å²) in [6, 6.07) is 15.9. The minimum atomic E-state index is -0.279. The highest BCUT2D eigenvalue weighted by Gasteiger charge is 2.24. The molecule has 1 atom stereocenters. The van der Waals surface area contributed by atoms with E-state index < -0.39 is 0 Å². The number of carbonyl (C=O) groups is 2. The first-order valence-corrected chi connectivity index (χ1v) is 10.1. The Hall–Kier alpha value is -2.73. The van der Waals surface area contributed by atoms with Crippen LogP contribution in [0.1, 0.15) is 25.3 Å². The molecule has 0 spiro atoms. The van der Waals surface area contributed by atoms with E-state index in [9.17, 15) is 14.0 Å². The van der Waals surface area contributed by atoms with Crippen molar-refractivity contribution in [2.45, 2.75) is 32.2 Å². The lowest BCUT2D eigenvalue weighted by atomic mass is 9.98. The van der Waals surface area contributed by atoms with Gasteiger partial charge in [-0.1, -0.05) is 37.3 Å². The summed E-state index contributed by atoms with van der Waals surface area (Å²) in [5.41, 5.74) is 1.62. The molecule has 0 saturated carbocycles. The molecule has 1 unspecified atom stereocenters. The number of hydrogen-bond donors (Lipinski definition) is 2. The maximum Gasteiger partial charge on any atom is 0.238 e. The summed E-state index contributed by atoms with van der Waals surface area (Å²) in [6.45, 7) is 3.76. The van der Waals surface area contributed by atoms with E-state index in [0.29, 0.717) is 13.0 Å². The van der Waals surface area contributed by atoms with Gasteiger partial charge in [0.05, 0.1) is 6.54 Å². The van der Waals surface area contributed by atoms with Crippen molar-refractivity contribution in [3.8, 4) is 0 Å². The van der Waals surface area contributed by atoms with Crippen LogP contribution < -0.4 is 10.6 Å². The monoisotopic (exact) mass is 397 g/mol. The second kappa shape index (κ2) is 10.2. The van der Waals surface area contributed by atoms with Crippen molar-refractivity contribution in [1.29, 1.82) is 0 Å². The number of likely N-dealkylation sites (tertiary alicyclic amines) is 1. The first-order chi connectivity index (χ1) is 14.0. The third kappa shape index (κ3) is 6.68. The number of rotatable bonds is 7. The number of nitrogens with one attached hydrogen (secondary N) is 2. The van der Waals surface area contributed by atoms with Crippen molar-refractivity contribution in [2.24, 2.45) is 5.92 Å². The fourth-order valence-electron chi connectivity index (χ4n) is 3.61. The number of piperidine rings is 1. The van der Waals surface area contributed by atoms with Crippen molar-refractivity contribution < 1.29 is 14.0 Å². The Balaban J connectivity index is 1.38. The van der Waals surface area contributed by atoms with Crippen molar-refractivity contribution in [2.75, 3.05) is 25.0 Å². The SMILES string of the molecule is CC(Cc1cccc(F)c1)C(=O)NC1CCN(CC(=O)Nc2ccccc2)CC1. The van der Waals surface area contributed by atoms with Crippen molar-refractivity contribution in [3.05, 3.63) is 66.0 Å². The van der Waals surface area contributed by atoms with Gasteiger partial charge in [-0.15, -0.1) is 0 Å². The third-order valence-electron chi connectivity index (χ3n) is 5.24. The van der Waals surface area contributed by atoms with E-state index in [4.69, 9.17) is 0 Å². The highest BCUT2D eigenvalue weighted by Crippen LogP contribution is 2.14. The fraction of sp³-hybridized carbons (Fsp3) is 0.391. The predicted octanol–water partition coefficient (Wildman–Crippen LogP) is 3.22. The van der Waals surface area contributed by atoms with Crippen LogP contribution in [0.2, 0.25) is 0 Å². The number of amides is 2. The van der Waals surface area contributed by atoms with Gasteiger partial charge in [0.2, 0.25) is 11.8 Å². The van der Waals surface area contributed by atoms with Crippen LogP contribution in [0.15, 0.2) is 54.6 Å². The van der Waals surface area contributed by atoms with Gasteiger partial charge < -0.3 is 10.6 Å². The summed E-state index contributed by atoms with van der Waals surface area (Å²) < 4.78 is 13.3. The van der Waals surface area contributed by atoms with Gasteiger partial charge in [-0.25, -0.2) is 4.39 Å². The molecule has 6 heteroatoms. The molecule has 2 amide bonds. The fourth-order valence-corrected chi connectivity index (χ4v) is 3.61. The van der Waals surface area contributed by atoms with Gasteiger partial charge in [0.1, 0.15) is 5.82 Å². The Morgan fingerprint density at radius 2 is 1.83 bits per heavy atom. The zero-order valence-electron chi connectivity index (χ0n) is 16.7. The molecule has 2 aromatic rings. The lowest BCUT2D eigenvalue weighted by Gasteiger charge is -2.32. The van der Waals surface area contributed by atoms with E-state index in [-0.39, 0.29) is 29.6 Å². The molecular weight excluding hydrogens is 369 g/mol. The summed E-state index contributed by atoms with van der Waals surface area (Å²) in [7, 11) is 0. The molecule has 2 N–H and O–H groups in total. The number of nitrogens with zero attached hydrogens (tertiary/aromatic N) is 1. The van der Waals surface area contributed by atoms with Gasteiger partial charge in [0.15, 0.2) is 0 Å². The van der Waals surface area contributed by atoms with E-state index in [1.165, 1.54) is 12.1 Å². The predicted molar refractivity (Wildman–Crippen MR) is 112 cm³/mol. The molecule has 0 aromatic heterocycles. The first-order valence-electron chi connectivity index (χ1n) is 10.1. The summed E-state index contributed by atoms with van der Waals surface area (Å²) in [6.07, 6.45) is 2.15. The Morgan fingerprint density at radius 1 is 1.10 bits per heavy atom. The van der Waals surface area contributed by atoms with Gasteiger partial charge in [-0.3, -0.25) is 14.5 Å². The van der Waals surface area contributed by atoms with Crippen LogP contribution in [0.5, 0.6) is 0 Å². The summed E-state index contributed by atoms with van der Waals surface area (Å²) in [4.78, 5) is 26.8. The molecule has 154 valence electrons. The number of para-hydroxylation sites is 1. The van der Waals surface area contributed by atoms with E-state index in [1.807, 2.05) is 43.3 Å². The lowest BCUT2D eigenvalue weighted by molar-refractivity contribution is -0.125. The zero-order chi connectivity index (χ0) is 20.6. The van der Waals surface area contributed by atoms with Crippen molar-refractivity contribution in [1.82, 2.24) is 10.2 Å². The van der Waals surface area contributed by atoms with E-state index in [1.54, 1.807) is 6.07 Å². The minimum absolute atomic E-state index is 0.00506. The summed E-state index contributed by atoms with van der Waals surface area (Å²) in [5, 5.41) is 6.00. The minimum Gasteiger partial charge on any atom is -0.353 e. The number of halogens is 1. The second-order valence-electron chi connectivity index (χ2n) is 7.71. The molecule has 1 saturated heterocycles. The molecule has 5 nitrogen and oxygen atoms in total. The topological polar surface area (TPSA) is 61.4 Å². The zero-order valence-corrected chi connectivity index (χ0v) is 16.7. The van der Waals surface area contributed by atoms with Gasteiger partial charge >= 0.3 is 0 Å². The molecule has 0 aliphatic carbocycles. The van der Waals surface area contributed by atoms with Gasteiger partial charge in [0, 0.05) is 30.7 Å². The third-order valence-corrected chi connectivity index (χ3v) is 5.24. The average molecular weight is 397 g/mol. The largest absolute Gasteiger partial charge is 0.353 e. The summed E-state index contributed by atoms with van der Waals surface area (Å²) in [5.74, 6) is -0.526. The maximum absolute atomic E-state index is 13.3. The summed E-state index contributed by atoms with van der Waals surface area (Å²) >= 11 is 0. The number of anilines is 1. The van der Waals surface area contributed by atoms with E-state index >= 15 is 0 Å². The normalized spacial score (nSPS) is 16.2. The van der Waals surface area contributed by atoms with Gasteiger partial charge in [-0.05, 0) is 49.1 Å². The van der Waals surface area contributed by atoms with Gasteiger partial charge in [-0.2, -0.15) is 0 Å². The molecular formula is C23H28FN3O2. The number of benzene rings is 2. The smallest absolute Gasteiger partial charge is 0.238 e. The van der Waals surface area contributed by atoms with Crippen molar-refractivity contribution in [3.63, 3.8) is 0 Å². The molecule has 1 aliphatic heterocycles. The van der Waals surface area contributed by atoms with Crippen LogP contribution in [0.4, 0.5) is 10.1 Å². The Kier molecular flexibility index (Phi) is 7.36. The number of carbonyl (C=O) groups excluding carboxylic acids is 2. The maximum atomic E-state index is 13.3. The van der Waals surface area contributed by atoms with Crippen LogP contribution in [-0.2, 0) is 16.0 Å². The highest BCUT2D eigenvalue weighted by atomic mass is 19.1.